The van der Waals surface area contributed by atoms with Gasteiger partial charge < -0.3 is 10.4 Å². The van der Waals surface area contributed by atoms with Gasteiger partial charge in [0.15, 0.2) is 0 Å². The lowest BCUT2D eigenvalue weighted by Gasteiger charge is -2.03. The van der Waals surface area contributed by atoms with Gasteiger partial charge in [-0.1, -0.05) is 6.92 Å². The molecule has 2 heterocycles. The van der Waals surface area contributed by atoms with Crippen LogP contribution < -0.4 is 5.32 Å². The fraction of sp³-hybridized carbons (Fsp3) is 0.154. The third-order valence-corrected chi connectivity index (χ3v) is 3.70. The van der Waals surface area contributed by atoms with Crippen molar-refractivity contribution in [3.63, 3.8) is 0 Å². The summed E-state index contributed by atoms with van der Waals surface area (Å²) in [5.74, 6) is -1.37. The number of carbonyl (C=O) groups is 2. The number of nitrogens with one attached hydrogen (secondary N) is 1. The zero-order chi connectivity index (χ0) is 13.8. The van der Waals surface area contributed by atoms with Crippen LogP contribution in [0.5, 0.6) is 0 Å². The van der Waals surface area contributed by atoms with E-state index >= 15 is 0 Å². The van der Waals surface area contributed by atoms with Gasteiger partial charge in [-0.3, -0.25) is 4.79 Å². The Kier molecular flexibility index (Phi) is 3.91. The molecular weight excluding hydrogens is 264 g/mol. The Bertz CT molecular complexity index is 622. The molecule has 98 valence electrons. The van der Waals surface area contributed by atoms with Crippen LogP contribution in [0.2, 0.25) is 0 Å². The highest BCUT2D eigenvalue weighted by Crippen LogP contribution is 2.18. The lowest BCUT2D eigenvalue weighted by molar-refractivity contribution is 0.0690. The van der Waals surface area contributed by atoms with Gasteiger partial charge in [0.1, 0.15) is 5.69 Å². The summed E-state index contributed by atoms with van der Waals surface area (Å²) in [6.07, 6.45) is 2.24. The van der Waals surface area contributed by atoms with Crippen LogP contribution in [-0.4, -0.2) is 22.0 Å². The van der Waals surface area contributed by atoms with E-state index < -0.39 is 5.97 Å². The SMILES string of the molecule is CCc1ccc(C(=O)Nc2ccnc(C(=O)O)c2)s1. The van der Waals surface area contributed by atoms with Crippen LogP contribution in [0.1, 0.15) is 32.0 Å². The highest BCUT2D eigenvalue weighted by Gasteiger charge is 2.11. The molecule has 2 aromatic rings. The number of hydrogen-bond acceptors (Lipinski definition) is 4. The summed E-state index contributed by atoms with van der Waals surface area (Å²) >= 11 is 1.43. The Labute approximate surface area is 113 Å². The minimum Gasteiger partial charge on any atom is -0.477 e. The largest absolute Gasteiger partial charge is 0.477 e. The Hall–Kier alpha value is -2.21. The molecule has 0 fully saturated rings. The van der Waals surface area contributed by atoms with Gasteiger partial charge in [-0.25, -0.2) is 9.78 Å². The summed E-state index contributed by atoms with van der Waals surface area (Å²) in [5.41, 5.74) is 0.321. The molecule has 0 aliphatic carbocycles. The van der Waals surface area contributed by atoms with E-state index in [1.807, 2.05) is 13.0 Å². The molecule has 0 saturated heterocycles. The number of carboxylic acid groups (broad SMARTS) is 1. The van der Waals surface area contributed by atoms with Gasteiger partial charge in [-0.15, -0.1) is 11.3 Å². The second-order valence-corrected chi connectivity index (χ2v) is 4.98. The first-order chi connectivity index (χ1) is 9.10. The molecule has 6 heteroatoms. The van der Waals surface area contributed by atoms with Crippen molar-refractivity contribution in [2.45, 2.75) is 13.3 Å². The number of carboxylic acids is 1. The molecule has 5 nitrogen and oxygen atoms in total. The van der Waals surface area contributed by atoms with Crippen molar-refractivity contribution in [1.82, 2.24) is 4.98 Å². The minimum atomic E-state index is -1.12. The smallest absolute Gasteiger partial charge is 0.354 e. The van der Waals surface area contributed by atoms with Crippen LogP contribution in [0, 0.1) is 0 Å². The van der Waals surface area contributed by atoms with E-state index in [1.165, 1.54) is 23.6 Å². The lowest BCUT2D eigenvalue weighted by Crippen LogP contribution is -2.11. The third-order valence-electron chi connectivity index (χ3n) is 2.47. The van der Waals surface area contributed by atoms with Gasteiger partial charge in [0.25, 0.3) is 5.91 Å². The summed E-state index contributed by atoms with van der Waals surface area (Å²) < 4.78 is 0. The summed E-state index contributed by atoms with van der Waals surface area (Å²) in [6, 6.07) is 6.56. The van der Waals surface area contributed by atoms with Crippen molar-refractivity contribution in [3.8, 4) is 0 Å². The van der Waals surface area contributed by atoms with Crippen LogP contribution in [0.3, 0.4) is 0 Å². The molecular formula is C13H12N2O3S. The number of carbonyl (C=O) groups excluding carboxylic acids is 1. The van der Waals surface area contributed by atoms with Crippen LogP contribution in [0.25, 0.3) is 0 Å². The van der Waals surface area contributed by atoms with E-state index in [1.54, 1.807) is 12.1 Å². The van der Waals surface area contributed by atoms with Gasteiger partial charge in [-0.2, -0.15) is 0 Å². The molecule has 0 unspecified atom stereocenters. The maximum Gasteiger partial charge on any atom is 0.354 e. The fourth-order valence-corrected chi connectivity index (χ4v) is 2.35. The van der Waals surface area contributed by atoms with Crippen molar-refractivity contribution in [2.24, 2.45) is 0 Å². The van der Waals surface area contributed by atoms with Gasteiger partial charge in [0.2, 0.25) is 0 Å². The molecule has 2 aromatic heterocycles. The monoisotopic (exact) mass is 276 g/mol. The maximum atomic E-state index is 12.0. The number of aromatic carboxylic acids is 1. The first-order valence-electron chi connectivity index (χ1n) is 5.69. The number of pyridine rings is 1. The fourth-order valence-electron chi connectivity index (χ4n) is 1.51. The quantitative estimate of drug-likeness (QED) is 0.899. The number of anilines is 1. The summed E-state index contributed by atoms with van der Waals surface area (Å²) in [6.45, 7) is 2.02. The zero-order valence-electron chi connectivity index (χ0n) is 10.2. The normalized spacial score (nSPS) is 10.2. The van der Waals surface area contributed by atoms with Crippen molar-refractivity contribution in [2.75, 3.05) is 5.32 Å². The zero-order valence-corrected chi connectivity index (χ0v) is 11.0. The van der Waals surface area contributed by atoms with Crippen LogP contribution >= 0.6 is 11.3 Å². The molecule has 0 bridgehead atoms. The molecule has 2 N–H and O–H groups in total. The van der Waals surface area contributed by atoms with Gasteiger partial charge in [-0.05, 0) is 30.7 Å². The van der Waals surface area contributed by atoms with Gasteiger partial charge in [0.05, 0.1) is 4.88 Å². The first kappa shape index (κ1) is 13.2. The van der Waals surface area contributed by atoms with E-state index in [2.05, 4.69) is 10.3 Å². The van der Waals surface area contributed by atoms with Gasteiger partial charge in [0, 0.05) is 16.8 Å². The molecule has 0 spiro atoms. The second-order valence-electron chi connectivity index (χ2n) is 3.81. The van der Waals surface area contributed by atoms with E-state index in [-0.39, 0.29) is 11.6 Å². The Morgan fingerprint density at radius 3 is 2.79 bits per heavy atom. The van der Waals surface area contributed by atoms with E-state index in [0.717, 1.165) is 11.3 Å². The standard InChI is InChI=1S/C13H12N2O3S/c1-2-9-3-4-11(19-9)12(16)15-8-5-6-14-10(7-8)13(17)18/h3-7H,2H2,1H3,(H,17,18)(H,14,15,16). The molecule has 2 rings (SSSR count). The molecule has 0 atom stereocenters. The minimum absolute atomic E-state index is 0.0989. The average Bonchev–Trinajstić information content (AvgIpc) is 2.88. The molecule has 0 radical (unpaired) electrons. The van der Waals surface area contributed by atoms with Crippen molar-refractivity contribution >= 4 is 28.9 Å². The maximum absolute atomic E-state index is 12.0. The number of aromatic nitrogens is 1. The van der Waals surface area contributed by atoms with E-state index in [0.29, 0.717) is 10.6 Å². The van der Waals surface area contributed by atoms with Crippen LogP contribution in [0.4, 0.5) is 5.69 Å². The van der Waals surface area contributed by atoms with E-state index in [9.17, 15) is 9.59 Å². The predicted molar refractivity (Wildman–Crippen MR) is 72.8 cm³/mol. The highest BCUT2D eigenvalue weighted by molar-refractivity contribution is 7.14. The van der Waals surface area contributed by atoms with Gasteiger partial charge >= 0.3 is 5.97 Å². The third kappa shape index (κ3) is 3.17. The molecule has 0 aliphatic rings. The predicted octanol–water partition coefficient (Wildman–Crippen LogP) is 2.66. The number of hydrogen-bond donors (Lipinski definition) is 2. The Morgan fingerprint density at radius 1 is 1.37 bits per heavy atom. The molecule has 0 aliphatic heterocycles. The molecule has 0 aromatic carbocycles. The molecule has 0 saturated carbocycles. The summed E-state index contributed by atoms with van der Waals surface area (Å²) in [7, 11) is 0. The average molecular weight is 276 g/mol. The van der Waals surface area contributed by atoms with Crippen LogP contribution in [-0.2, 0) is 6.42 Å². The number of amides is 1. The van der Waals surface area contributed by atoms with E-state index in [4.69, 9.17) is 5.11 Å². The topological polar surface area (TPSA) is 79.3 Å². The van der Waals surface area contributed by atoms with Crippen molar-refractivity contribution in [3.05, 3.63) is 45.9 Å². The van der Waals surface area contributed by atoms with Crippen molar-refractivity contribution in [1.29, 1.82) is 0 Å². The molecule has 19 heavy (non-hydrogen) atoms. The Balaban J connectivity index is 2.14. The molecule has 1 amide bonds. The number of thiophene rings is 1. The summed E-state index contributed by atoms with van der Waals surface area (Å²) in [5, 5.41) is 11.5. The van der Waals surface area contributed by atoms with Crippen LogP contribution in [0.15, 0.2) is 30.5 Å². The number of nitrogens with zero attached hydrogens (tertiary/aromatic N) is 1. The summed E-state index contributed by atoms with van der Waals surface area (Å²) in [4.78, 5) is 28.2. The lowest BCUT2D eigenvalue weighted by atomic mass is 10.3. The van der Waals surface area contributed by atoms with Crippen molar-refractivity contribution < 1.29 is 14.7 Å². The number of rotatable bonds is 4. The highest BCUT2D eigenvalue weighted by atomic mass is 32.1. The first-order valence-corrected chi connectivity index (χ1v) is 6.51. The second kappa shape index (κ2) is 5.62. The Morgan fingerprint density at radius 2 is 2.16 bits per heavy atom. The number of aryl methyl sites for hydroxylation is 1.